The number of carbonyl (C=O) groups excluding carboxylic acids is 1. The lowest BCUT2D eigenvalue weighted by Gasteiger charge is -2.20. The molecule has 6 nitrogen and oxygen atoms in total. The number of hydrogen-bond donors (Lipinski definition) is 1. The first-order chi connectivity index (χ1) is 12.9. The molecule has 2 aliphatic carbocycles. The second-order valence-corrected chi connectivity index (χ2v) is 9.82. The molecule has 0 radical (unpaired) electrons. The molecule has 27 heavy (non-hydrogen) atoms. The van der Waals surface area contributed by atoms with Crippen molar-refractivity contribution in [3.8, 4) is 0 Å². The predicted octanol–water partition coefficient (Wildman–Crippen LogP) is 3.26. The molecule has 4 rings (SSSR count). The molecule has 1 aromatic rings. The molecule has 2 bridgehead atoms. The second-order valence-electron chi connectivity index (χ2n) is 8.22. The minimum absolute atomic E-state index is 0.0241. The Hall–Kier alpha value is -1.89. The molecule has 0 spiro atoms. The van der Waals surface area contributed by atoms with Crippen molar-refractivity contribution in [3.63, 3.8) is 0 Å². The molecule has 7 heteroatoms. The van der Waals surface area contributed by atoms with E-state index in [4.69, 9.17) is 0 Å². The van der Waals surface area contributed by atoms with Crippen LogP contribution in [-0.2, 0) is 14.8 Å². The Morgan fingerprint density at radius 2 is 2.00 bits per heavy atom. The molecule has 3 fully saturated rings. The van der Waals surface area contributed by atoms with Crippen LogP contribution in [0.3, 0.4) is 0 Å². The van der Waals surface area contributed by atoms with Gasteiger partial charge in [0.2, 0.25) is 5.91 Å². The van der Waals surface area contributed by atoms with Crippen LogP contribution in [0, 0.1) is 17.8 Å². The van der Waals surface area contributed by atoms with Crippen molar-refractivity contribution in [3.05, 3.63) is 24.3 Å². The molecule has 2 saturated carbocycles. The number of nitrogens with one attached hydrogen (secondary N) is 1. The zero-order chi connectivity index (χ0) is 19.0. The van der Waals surface area contributed by atoms with Crippen molar-refractivity contribution in [2.45, 2.75) is 49.8 Å². The first-order valence-electron chi connectivity index (χ1n) is 9.85. The van der Waals surface area contributed by atoms with Gasteiger partial charge in [-0.3, -0.25) is 4.79 Å². The molecule has 0 unspecified atom stereocenters. The van der Waals surface area contributed by atoms with E-state index in [9.17, 15) is 13.2 Å². The Bertz CT molecular complexity index is 848. The topological polar surface area (TPSA) is 78.8 Å². The standard InChI is InChI=1S/C20H27N3O3S/c1-23-10-2-3-19(23)22-27(25,26)18-8-6-17(7-9-18)21-20(24)13-16-12-14-4-5-15(16)11-14/h6-9,14-16H,2-5,10-13H2,1H3,(H,21,24)/t14-,15+,16+/m0/s1. The van der Waals surface area contributed by atoms with Gasteiger partial charge in [0, 0.05) is 32.1 Å². The molecule has 1 aromatic carbocycles. The third-order valence-electron chi connectivity index (χ3n) is 6.33. The van der Waals surface area contributed by atoms with E-state index in [2.05, 4.69) is 9.71 Å². The maximum atomic E-state index is 12.5. The van der Waals surface area contributed by atoms with Crippen LogP contribution in [0.4, 0.5) is 5.69 Å². The summed E-state index contributed by atoms with van der Waals surface area (Å²) < 4.78 is 28.9. The summed E-state index contributed by atoms with van der Waals surface area (Å²) in [5, 5.41) is 2.91. The highest BCUT2D eigenvalue weighted by molar-refractivity contribution is 7.90. The third kappa shape index (κ3) is 4.03. The summed E-state index contributed by atoms with van der Waals surface area (Å²) in [6, 6.07) is 6.32. The number of carbonyl (C=O) groups is 1. The number of nitrogens with zero attached hydrogens (tertiary/aromatic N) is 2. The van der Waals surface area contributed by atoms with Gasteiger partial charge in [-0.25, -0.2) is 0 Å². The first kappa shape index (κ1) is 18.5. The molecular weight excluding hydrogens is 362 g/mol. The van der Waals surface area contributed by atoms with Crippen molar-refractivity contribution in [1.82, 2.24) is 4.90 Å². The van der Waals surface area contributed by atoms with Crippen LogP contribution in [-0.4, -0.2) is 38.7 Å². The van der Waals surface area contributed by atoms with Gasteiger partial charge in [0.15, 0.2) is 0 Å². The van der Waals surface area contributed by atoms with Crippen LogP contribution in [0.2, 0.25) is 0 Å². The van der Waals surface area contributed by atoms with E-state index in [0.717, 1.165) is 24.8 Å². The van der Waals surface area contributed by atoms with Crippen molar-refractivity contribution in [1.29, 1.82) is 0 Å². The summed E-state index contributed by atoms with van der Waals surface area (Å²) in [7, 11) is -1.86. The molecule has 3 aliphatic rings. The molecule has 1 heterocycles. The van der Waals surface area contributed by atoms with Crippen molar-refractivity contribution >= 4 is 27.5 Å². The highest BCUT2D eigenvalue weighted by atomic mass is 32.2. The van der Waals surface area contributed by atoms with E-state index in [0.29, 0.717) is 30.3 Å². The molecule has 1 amide bonds. The summed E-state index contributed by atoms with van der Waals surface area (Å²) in [4.78, 5) is 14.4. The number of benzene rings is 1. The Morgan fingerprint density at radius 3 is 2.59 bits per heavy atom. The van der Waals surface area contributed by atoms with Gasteiger partial charge in [-0.15, -0.1) is 4.40 Å². The maximum absolute atomic E-state index is 12.5. The van der Waals surface area contributed by atoms with Crippen LogP contribution >= 0.6 is 0 Å². The Morgan fingerprint density at radius 1 is 1.22 bits per heavy atom. The summed E-state index contributed by atoms with van der Waals surface area (Å²) in [5.41, 5.74) is 0.632. The van der Waals surface area contributed by atoms with Crippen LogP contribution in [0.15, 0.2) is 33.6 Å². The smallest absolute Gasteiger partial charge is 0.283 e. The van der Waals surface area contributed by atoms with E-state index in [1.54, 1.807) is 12.1 Å². The second kappa shape index (κ2) is 7.26. The van der Waals surface area contributed by atoms with Crippen LogP contribution in [0.1, 0.15) is 44.9 Å². The average Bonchev–Trinajstić information content (AvgIpc) is 3.33. The molecule has 1 N–H and O–H groups in total. The number of amides is 1. The van der Waals surface area contributed by atoms with Gasteiger partial charge in [-0.1, -0.05) is 6.42 Å². The van der Waals surface area contributed by atoms with Gasteiger partial charge in [0.05, 0.1) is 4.90 Å². The van der Waals surface area contributed by atoms with Crippen molar-refractivity contribution in [2.24, 2.45) is 22.2 Å². The zero-order valence-corrected chi connectivity index (χ0v) is 16.5. The first-order valence-corrected chi connectivity index (χ1v) is 11.3. The summed E-state index contributed by atoms with van der Waals surface area (Å²) in [6.07, 6.45) is 7.27. The summed E-state index contributed by atoms with van der Waals surface area (Å²) in [6.45, 7) is 0.835. The van der Waals surface area contributed by atoms with Gasteiger partial charge in [0.25, 0.3) is 10.0 Å². The number of anilines is 1. The van der Waals surface area contributed by atoms with Gasteiger partial charge >= 0.3 is 0 Å². The van der Waals surface area contributed by atoms with Crippen molar-refractivity contribution < 1.29 is 13.2 Å². The maximum Gasteiger partial charge on any atom is 0.283 e. The number of hydrogen-bond acceptors (Lipinski definition) is 3. The molecule has 3 atom stereocenters. The highest BCUT2D eigenvalue weighted by Gasteiger charge is 2.40. The Balaban J connectivity index is 1.38. The minimum Gasteiger partial charge on any atom is -0.362 e. The van der Waals surface area contributed by atoms with E-state index in [-0.39, 0.29) is 10.8 Å². The normalized spacial score (nSPS) is 28.9. The largest absolute Gasteiger partial charge is 0.362 e. The van der Waals surface area contributed by atoms with E-state index >= 15 is 0 Å². The minimum atomic E-state index is -3.71. The average molecular weight is 390 g/mol. The lowest BCUT2D eigenvalue weighted by atomic mass is 9.86. The van der Waals surface area contributed by atoms with Gasteiger partial charge in [-0.05, 0) is 67.7 Å². The van der Waals surface area contributed by atoms with Crippen LogP contribution in [0.5, 0.6) is 0 Å². The highest BCUT2D eigenvalue weighted by Crippen LogP contribution is 2.49. The molecule has 146 valence electrons. The van der Waals surface area contributed by atoms with Gasteiger partial charge in [0.1, 0.15) is 5.84 Å². The third-order valence-corrected chi connectivity index (χ3v) is 7.65. The van der Waals surface area contributed by atoms with Crippen LogP contribution < -0.4 is 5.32 Å². The zero-order valence-electron chi connectivity index (χ0n) is 15.7. The molecular formula is C20H27N3O3S. The van der Waals surface area contributed by atoms with Crippen LogP contribution in [0.25, 0.3) is 0 Å². The molecule has 1 saturated heterocycles. The van der Waals surface area contributed by atoms with Crippen molar-refractivity contribution in [2.75, 3.05) is 18.9 Å². The van der Waals surface area contributed by atoms with Gasteiger partial charge < -0.3 is 10.2 Å². The lowest BCUT2D eigenvalue weighted by molar-refractivity contribution is -0.117. The van der Waals surface area contributed by atoms with E-state index < -0.39 is 10.0 Å². The SMILES string of the molecule is CN1CCCC1=NS(=O)(=O)c1ccc(NC(=O)C[C@H]2C[C@H]3CC[C@@H]2C3)cc1. The Labute approximate surface area is 161 Å². The predicted molar refractivity (Wildman–Crippen MR) is 105 cm³/mol. The fraction of sp³-hybridized carbons (Fsp3) is 0.600. The number of fused-ring (bicyclic) bond motifs is 2. The quantitative estimate of drug-likeness (QED) is 0.838. The van der Waals surface area contributed by atoms with Gasteiger partial charge in [-0.2, -0.15) is 8.42 Å². The lowest BCUT2D eigenvalue weighted by Crippen LogP contribution is -2.20. The number of rotatable bonds is 5. The summed E-state index contributed by atoms with van der Waals surface area (Å²) >= 11 is 0. The monoisotopic (exact) mass is 389 g/mol. The fourth-order valence-corrected chi connectivity index (χ4v) is 5.98. The summed E-state index contributed by atoms with van der Waals surface area (Å²) in [5.74, 6) is 2.70. The number of sulfonamides is 1. The van der Waals surface area contributed by atoms with E-state index in [1.165, 1.54) is 37.8 Å². The Kier molecular flexibility index (Phi) is 4.97. The number of likely N-dealkylation sites (tertiary alicyclic amines) is 1. The fourth-order valence-electron chi connectivity index (χ4n) is 4.89. The molecule has 0 aromatic heterocycles. The number of amidine groups is 1. The molecule has 1 aliphatic heterocycles. The van der Waals surface area contributed by atoms with E-state index in [1.807, 2.05) is 11.9 Å².